The molecule has 1 aromatic carbocycles. The van der Waals surface area contributed by atoms with E-state index in [4.69, 9.17) is 5.73 Å². The number of carboxylic acid groups (broad SMARTS) is 1. The number of phenols is 1. The molecule has 0 spiro atoms. The number of carbonyl (C=O) groups is 4. The van der Waals surface area contributed by atoms with Crippen molar-refractivity contribution in [3.63, 3.8) is 0 Å². The van der Waals surface area contributed by atoms with Crippen LogP contribution in [0.3, 0.4) is 0 Å². The number of benzene rings is 1. The highest BCUT2D eigenvalue weighted by Crippen LogP contribution is 2.13. The van der Waals surface area contributed by atoms with Crippen molar-refractivity contribution in [3.8, 4) is 5.75 Å². The zero-order valence-electron chi connectivity index (χ0n) is 21.6. The number of nitrogens with two attached hydrogens (primary N) is 1. The average Bonchev–Trinajstić information content (AvgIpc) is 2.80. The topological polar surface area (TPSA) is 171 Å². The van der Waals surface area contributed by atoms with Crippen LogP contribution in [0.2, 0.25) is 0 Å². The van der Waals surface area contributed by atoms with Crippen molar-refractivity contribution >= 4 is 35.5 Å². The van der Waals surface area contributed by atoms with Crippen LogP contribution in [0.4, 0.5) is 0 Å². The SMILES string of the molecule is CSCCC(NC(=O)C(N)C(C)C)C(=O)NC(Cc1ccc(O)cc1)C(=O)NC(CC(C)C)C(=O)O. The third-order valence-corrected chi connectivity index (χ3v) is 6.24. The molecule has 1 rings (SSSR count). The van der Waals surface area contributed by atoms with E-state index in [2.05, 4.69) is 16.0 Å². The van der Waals surface area contributed by atoms with Gasteiger partial charge in [-0.3, -0.25) is 14.4 Å². The molecule has 4 unspecified atom stereocenters. The largest absolute Gasteiger partial charge is 0.508 e. The van der Waals surface area contributed by atoms with Gasteiger partial charge >= 0.3 is 5.97 Å². The molecule has 0 radical (unpaired) electrons. The molecule has 0 heterocycles. The molecule has 36 heavy (non-hydrogen) atoms. The summed E-state index contributed by atoms with van der Waals surface area (Å²) < 4.78 is 0. The molecular weight excluding hydrogens is 484 g/mol. The minimum Gasteiger partial charge on any atom is -0.508 e. The highest BCUT2D eigenvalue weighted by molar-refractivity contribution is 7.98. The summed E-state index contributed by atoms with van der Waals surface area (Å²) in [6.07, 6.45) is 2.47. The molecule has 10 nitrogen and oxygen atoms in total. The molecule has 0 aliphatic heterocycles. The lowest BCUT2D eigenvalue weighted by Gasteiger charge is -2.26. The summed E-state index contributed by atoms with van der Waals surface area (Å²) in [5, 5.41) is 27.0. The number of aromatic hydroxyl groups is 1. The summed E-state index contributed by atoms with van der Waals surface area (Å²) in [6, 6.07) is 2.20. The second-order valence-corrected chi connectivity index (χ2v) is 10.6. The number of carboxylic acids is 1. The number of amides is 3. The Morgan fingerprint density at radius 3 is 1.92 bits per heavy atom. The highest BCUT2D eigenvalue weighted by atomic mass is 32.2. The highest BCUT2D eigenvalue weighted by Gasteiger charge is 2.31. The third kappa shape index (κ3) is 10.9. The van der Waals surface area contributed by atoms with Gasteiger partial charge in [0.15, 0.2) is 0 Å². The number of nitrogens with one attached hydrogen (secondary N) is 3. The van der Waals surface area contributed by atoms with Crippen LogP contribution in [-0.2, 0) is 25.6 Å². The van der Waals surface area contributed by atoms with E-state index in [1.165, 1.54) is 23.9 Å². The molecule has 0 aromatic heterocycles. The zero-order chi connectivity index (χ0) is 27.4. The normalized spacial score (nSPS) is 14.6. The van der Waals surface area contributed by atoms with Crippen molar-refractivity contribution in [2.75, 3.05) is 12.0 Å². The van der Waals surface area contributed by atoms with Crippen LogP contribution >= 0.6 is 11.8 Å². The maximum Gasteiger partial charge on any atom is 0.326 e. The number of aliphatic carboxylic acids is 1. The molecule has 0 bridgehead atoms. The first-order chi connectivity index (χ1) is 16.8. The Labute approximate surface area is 217 Å². The van der Waals surface area contributed by atoms with Crippen molar-refractivity contribution in [2.24, 2.45) is 17.6 Å². The summed E-state index contributed by atoms with van der Waals surface area (Å²) in [5.74, 6) is -2.33. The maximum atomic E-state index is 13.2. The van der Waals surface area contributed by atoms with Gasteiger partial charge in [-0.15, -0.1) is 0 Å². The second kappa shape index (κ2) is 15.4. The van der Waals surface area contributed by atoms with Gasteiger partial charge in [0.2, 0.25) is 17.7 Å². The lowest BCUT2D eigenvalue weighted by atomic mass is 10.0. The smallest absolute Gasteiger partial charge is 0.326 e. The fourth-order valence-electron chi connectivity index (χ4n) is 3.39. The lowest BCUT2D eigenvalue weighted by Crippen LogP contribution is -2.58. The van der Waals surface area contributed by atoms with E-state index in [0.29, 0.717) is 17.7 Å². The van der Waals surface area contributed by atoms with Gasteiger partial charge < -0.3 is 31.9 Å². The fourth-order valence-corrected chi connectivity index (χ4v) is 3.86. The fraction of sp³-hybridized carbons (Fsp3) is 0.600. The summed E-state index contributed by atoms with van der Waals surface area (Å²) in [7, 11) is 0. The van der Waals surface area contributed by atoms with E-state index in [0.717, 1.165) is 0 Å². The molecule has 202 valence electrons. The quantitative estimate of drug-likeness (QED) is 0.199. The Kier molecular flexibility index (Phi) is 13.3. The standard InChI is InChI=1S/C25H40N4O6S/c1-14(2)12-20(25(34)35)29-23(32)19(13-16-6-8-17(30)9-7-16)28-22(31)18(10-11-36-5)27-24(33)21(26)15(3)4/h6-9,14-15,18-21,30H,10-13,26H2,1-5H3,(H,27,33)(H,28,31)(H,29,32)(H,34,35). The van der Waals surface area contributed by atoms with Crippen molar-refractivity contribution in [2.45, 2.75) is 71.1 Å². The monoisotopic (exact) mass is 524 g/mol. The summed E-state index contributed by atoms with van der Waals surface area (Å²) in [4.78, 5) is 50.6. The van der Waals surface area contributed by atoms with Gasteiger partial charge in [-0.2, -0.15) is 11.8 Å². The molecule has 3 amide bonds. The van der Waals surface area contributed by atoms with Crippen LogP contribution in [0.1, 0.15) is 46.1 Å². The Bertz CT molecular complexity index is 878. The second-order valence-electron chi connectivity index (χ2n) is 9.57. The number of hydrogen-bond acceptors (Lipinski definition) is 7. The molecule has 1 aromatic rings. The number of thioether (sulfide) groups is 1. The van der Waals surface area contributed by atoms with Crippen LogP contribution in [0.25, 0.3) is 0 Å². The summed E-state index contributed by atoms with van der Waals surface area (Å²) >= 11 is 1.50. The van der Waals surface area contributed by atoms with Crippen molar-refractivity contribution in [1.82, 2.24) is 16.0 Å². The van der Waals surface area contributed by atoms with E-state index in [1.54, 1.807) is 26.0 Å². The van der Waals surface area contributed by atoms with Crippen LogP contribution in [0.5, 0.6) is 5.75 Å². The Morgan fingerprint density at radius 2 is 1.42 bits per heavy atom. The van der Waals surface area contributed by atoms with Crippen molar-refractivity contribution < 1.29 is 29.4 Å². The zero-order valence-corrected chi connectivity index (χ0v) is 22.4. The van der Waals surface area contributed by atoms with E-state index >= 15 is 0 Å². The van der Waals surface area contributed by atoms with Gasteiger partial charge in [-0.1, -0.05) is 39.8 Å². The number of rotatable bonds is 15. The number of phenolic OH excluding ortho intramolecular Hbond substituents is 1. The van der Waals surface area contributed by atoms with Gasteiger partial charge in [0.1, 0.15) is 23.9 Å². The van der Waals surface area contributed by atoms with E-state index in [-0.39, 0.29) is 30.4 Å². The Morgan fingerprint density at radius 1 is 0.889 bits per heavy atom. The average molecular weight is 525 g/mol. The van der Waals surface area contributed by atoms with E-state index in [9.17, 15) is 29.4 Å². The summed E-state index contributed by atoms with van der Waals surface area (Å²) in [5.41, 5.74) is 6.58. The predicted octanol–water partition coefficient (Wildman–Crippen LogP) is 1.26. The van der Waals surface area contributed by atoms with Crippen LogP contribution in [0.15, 0.2) is 24.3 Å². The maximum absolute atomic E-state index is 13.2. The molecule has 0 saturated carbocycles. The van der Waals surface area contributed by atoms with Gasteiger partial charge in [-0.05, 0) is 54.4 Å². The van der Waals surface area contributed by atoms with Gasteiger partial charge in [-0.25, -0.2) is 4.79 Å². The van der Waals surface area contributed by atoms with E-state index in [1.807, 2.05) is 20.1 Å². The van der Waals surface area contributed by atoms with Gasteiger partial charge in [0, 0.05) is 6.42 Å². The van der Waals surface area contributed by atoms with Gasteiger partial charge in [0.05, 0.1) is 6.04 Å². The molecule has 7 N–H and O–H groups in total. The van der Waals surface area contributed by atoms with E-state index < -0.39 is 47.9 Å². The number of hydrogen-bond donors (Lipinski definition) is 6. The van der Waals surface area contributed by atoms with Crippen molar-refractivity contribution in [3.05, 3.63) is 29.8 Å². The molecule has 0 aliphatic rings. The first-order valence-corrected chi connectivity index (χ1v) is 13.4. The third-order valence-electron chi connectivity index (χ3n) is 5.60. The first-order valence-electron chi connectivity index (χ1n) is 12.0. The Balaban J connectivity index is 3.15. The van der Waals surface area contributed by atoms with Crippen LogP contribution in [0, 0.1) is 11.8 Å². The van der Waals surface area contributed by atoms with Crippen molar-refractivity contribution in [1.29, 1.82) is 0 Å². The molecule has 0 saturated heterocycles. The minimum atomic E-state index is -1.17. The molecule has 4 atom stereocenters. The molecule has 0 fully saturated rings. The van der Waals surface area contributed by atoms with Crippen LogP contribution in [-0.4, -0.2) is 70.1 Å². The molecular formula is C25H40N4O6S. The number of carbonyl (C=O) groups excluding carboxylic acids is 3. The lowest BCUT2D eigenvalue weighted by molar-refractivity contribution is -0.142. The Hall–Kier alpha value is -2.79. The van der Waals surface area contributed by atoms with Gasteiger partial charge in [0.25, 0.3) is 0 Å². The van der Waals surface area contributed by atoms with Crippen LogP contribution < -0.4 is 21.7 Å². The predicted molar refractivity (Wildman–Crippen MR) is 141 cm³/mol. The molecule has 0 aliphatic carbocycles. The minimum absolute atomic E-state index is 0.0212. The first kappa shape index (κ1) is 31.2. The summed E-state index contributed by atoms with van der Waals surface area (Å²) in [6.45, 7) is 7.29. The molecule has 11 heteroatoms.